The molecule has 0 spiro atoms. The number of carbonyl (C=O) groups excluding carboxylic acids is 3. The summed E-state index contributed by atoms with van der Waals surface area (Å²) in [4.78, 5) is 37.6. The Balaban J connectivity index is 1.69. The number of imide groups is 1. The van der Waals surface area contributed by atoms with Gasteiger partial charge in [0.15, 0.2) is 0 Å². The highest BCUT2D eigenvalue weighted by atomic mass is 35.5. The first-order valence-corrected chi connectivity index (χ1v) is 8.68. The van der Waals surface area contributed by atoms with Gasteiger partial charge in [-0.3, -0.25) is 19.3 Å². The number of rotatable bonds is 4. The van der Waals surface area contributed by atoms with Crippen LogP contribution in [0.2, 0.25) is 5.02 Å². The maximum absolute atomic E-state index is 12.9. The normalized spacial score (nSPS) is 15.6. The molecule has 2 aromatic carbocycles. The zero-order chi connectivity index (χ0) is 18.7. The summed E-state index contributed by atoms with van der Waals surface area (Å²) >= 11 is 6.66. The van der Waals surface area contributed by atoms with Gasteiger partial charge in [-0.2, -0.15) is 0 Å². The van der Waals surface area contributed by atoms with Crippen molar-refractivity contribution in [3.8, 4) is 0 Å². The number of carbonyl (C=O) groups is 3. The zero-order valence-electron chi connectivity index (χ0n) is 13.2. The van der Waals surface area contributed by atoms with Gasteiger partial charge < -0.3 is 5.32 Å². The number of anilines is 1. The number of nitrogens with one attached hydrogen (secondary N) is 1. The zero-order valence-corrected chi connectivity index (χ0v) is 14.8. The maximum atomic E-state index is 12.9. The molecule has 2 aromatic rings. The second-order valence-electron chi connectivity index (χ2n) is 5.38. The molecule has 0 aromatic heterocycles. The molecule has 5 nitrogen and oxygen atoms in total. The minimum absolute atomic E-state index is 0.215. The number of halogens is 2. The lowest BCUT2D eigenvalue weighted by atomic mass is 10.2. The molecule has 1 heterocycles. The van der Waals surface area contributed by atoms with E-state index in [1.54, 1.807) is 30.3 Å². The van der Waals surface area contributed by atoms with Gasteiger partial charge in [-0.25, -0.2) is 4.39 Å². The van der Waals surface area contributed by atoms with E-state index in [1.807, 2.05) is 0 Å². The first-order valence-electron chi connectivity index (χ1n) is 7.49. The van der Waals surface area contributed by atoms with Crippen molar-refractivity contribution >= 4 is 52.2 Å². The Morgan fingerprint density at radius 2 is 1.92 bits per heavy atom. The monoisotopic (exact) mass is 390 g/mol. The molecule has 1 N–H and O–H groups in total. The van der Waals surface area contributed by atoms with Gasteiger partial charge in [-0.05, 0) is 59.8 Å². The Kier molecular flexibility index (Phi) is 5.39. The lowest BCUT2D eigenvalue weighted by Gasteiger charge is -2.12. The minimum Gasteiger partial charge on any atom is -0.325 e. The Hall–Kier alpha value is -2.64. The van der Waals surface area contributed by atoms with Gasteiger partial charge in [0.1, 0.15) is 12.4 Å². The van der Waals surface area contributed by atoms with Gasteiger partial charge in [0, 0.05) is 10.7 Å². The van der Waals surface area contributed by atoms with Crippen LogP contribution in [0.1, 0.15) is 5.56 Å². The second kappa shape index (κ2) is 7.72. The highest BCUT2D eigenvalue weighted by Gasteiger charge is 2.36. The molecule has 8 heteroatoms. The van der Waals surface area contributed by atoms with Gasteiger partial charge >= 0.3 is 0 Å². The van der Waals surface area contributed by atoms with Gasteiger partial charge in [0.05, 0.1) is 4.91 Å². The summed E-state index contributed by atoms with van der Waals surface area (Å²) in [6.45, 7) is -0.422. The van der Waals surface area contributed by atoms with Crippen LogP contribution in [0, 0.1) is 5.82 Å². The molecule has 1 saturated heterocycles. The molecule has 1 fully saturated rings. The van der Waals surface area contributed by atoms with Crippen molar-refractivity contribution in [2.45, 2.75) is 0 Å². The van der Waals surface area contributed by atoms with Crippen LogP contribution in [0.4, 0.5) is 14.9 Å². The van der Waals surface area contributed by atoms with Crippen molar-refractivity contribution in [3.63, 3.8) is 0 Å². The SMILES string of the molecule is O=C(CN1C(=O)S/C(=C/c2cccc(Cl)c2)C1=O)Nc1ccc(F)cc1. The predicted molar refractivity (Wildman–Crippen MR) is 99.2 cm³/mol. The lowest BCUT2D eigenvalue weighted by molar-refractivity contribution is -0.127. The third kappa shape index (κ3) is 4.30. The molecule has 132 valence electrons. The Bertz CT molecular complexity index is 915. The average molecular weight is 391 g/mol. The Morgan fingerprint density at radius 1 is 1.19 bits per heavy atom. The molecule has 1 aliphatic rings. The number of hydrogen-bond acceptors (Lipinski definition) is 4. The average Bonchev–Trinajstić information content (AvgIpc) is 2.84. The van der Waals surface area contributed by atoms with Crippen LogP contribution < -0.4 is 5.32 Å². The fraction of sp³-hybridized carbons (Fsp3) is 0.0556. The fourth-order valence-electron chi connectivity index (χ4n) is 2.26. The molecule has 0 radical (unpaired) electrons. The molecule has 26 heavy (non-hydrogen) atoms. The maximum Gasteiger partial charge on any atom is 0.294 e. The minimum atomic E-state index is -0.553. The van der Waals surface area contributed by atoms with Gasteiger partial charge in [-0.15, -0.1) is 0 Å². The molecule has 0 aliphatic carbocycles. The van der Waals surface area contributed by atoms with Crippen molar-refractivity contribution in [2.24, 2.45) is 0 Å². The topological polar surface area (TPSA) is 66.5 Å². The molecule has 1 aliphatic heterocycles. The van der Waals surface area contributed by atoms with E-state index in [0.29, 0.717) is 16.3 Å². The highest BCUT2D eigenvalue weighted by molar-refractivity contribution is 8.18. The van der Waals surface area contributed by atoms with E-state index in [4.69, 9.17) is 11.6 Å². The van der Waals surface area contributed by atoms with E-state index in [9.17, 15) is 18.8 Å². The molecule has 0 unspecified atom stereocenters. The van der Waals surface area contributed by atoms with Crippen LogP contribution in [0.15, 0.2) is 53.4 Å². The fourth-order valence-corrected chi connectivity index (χ4v) is 3.30. The number of hydrogen-bond donors (Lipinski definition) is 1. The number of thioether (sulfide) groups is 1. The van der Waals surface area contributed by atoms with Crippen molar-refractivity contribution in [1.82, 2.24) is 4.90 Å². The van der Waals surface area contributed by atoms with Gasteiger partial charge in [0.25, 0.3) is 11.1 Å². The van der Waals surface area contributed by atoms with E-state index in [1.165, 1.54) is 24.3 Å². The quantitative estimate of drug-likeness (QED) is 0.796. The molecule has 0 bridgehead atoms. The first-order chi connectivity index (χ1) is 12.4. The van der Waals surface area contributed by atoms with Crippen LogP contribution >= 0.6 is 23.4 Å². The highest BCUT2D eigenvalue weighted by Crippen LogP contribution is 2.32. The summed E-state index contributed by atoms with van der Waals surface area (Å²) in [6, 6.07) is 12.0. The van der Waals surface area contributed by atoms with E-state index in [0.717, 1.165) is 16.7 Å². The number of amides is 3. The number of nitrogens with zero attached hydrogens (tertiary/aromatic N) is 1. The molecule has 3 rings (SSSR count). The molecular formula is C18H12ClFN2O3S. The van der Waals surface area contributed by atoms with Crippen molar-refractivity contribution < 1.29 is 18.8 Å². The summed E-state index contributed by atoms with van der Waals surface area (Å²) in [7, 11) is 0. The number of benzene rings is 2. The van der Waals surface area contributed by atoms with Crippen molar-refractivity contribution in [3.05, 3.63) is 69.8 Å². The Morgan fingerprint density at radius 3 is 2.62 bits per heavy atom. The smallest absolute Gasteiger partial charge is 0.294 e. The van der Waals surface area contributed by atoms with E-state index in [-0.39, 0.29) is 4.91 Å². The predicted octanol–water partition coefficient (Wildman–Crippen LogP) is 4.15. The first kappa shape index (κ1) is 18.2. The van der Waals surface area contributed by atoms with Crippen LogP contribution in [-0.2, 0) is 9.59 Å². The molecular weight excluding hydrogens is 379 g/mol. The summed E-state index contributed by atoms with van der Waals surface area (Å²) in [5.74, 6) is -1.53. The van der Waals surface area contributed by atoms with Gasteiger partial charge in [-0.1, -0.05) is 23.7 Å². The summed E-state index contributed by atoms with van der Waals surface area (Å²) < 4.78 is 12.9. The largest absolute Gasteiger partial charge is 0.325 e. The van der Waals surface area contributed by atoms with E-state index in [2.05, 4.69) is 5.32 Å². The third-order valence-corrected chi connectivity index (χ3v) is 4.59. The second-order valence-corrected chi connectivity index (χ2v) is 6.81. The Labute approximate surface area is 157 Å². The standard InChI is InChI=1S/C18H12ClFN2O3S/c19-12-3-1-2-11(8-12)9-15-17(24)22(18(25)26-15)10-16(23)21-14-6-4-13(20)5-7-14/h1-9H,10H2,(H,21,23)/b15-9+. The van der Waals surface area contributed by atoms with Crippen molar-refractivity contribution in [2.75, 3.05) is 11.9 Å². The van der Waals surface area contributed by atoms with E-state index < -0.39 is 29.4 Å². The van der Waals surface area contributed by atoms with Gasteiger partial charge in [0.2, 0.25) is 5.91 Å². The summed E-state index contributed by atoms with van der Waals surface area (Å²) in [6.07, 6.45) is 1.55. The van der Waals surface area contributed by atoms with Crippen molar-refractivity contribution in [1.29, 1.82) is 0 Å². The summed E-state index contributed by atoms with van der Waals surface area (Å²) in [5, 5.41) is 2.49. The van der Waals surface area contributed by atoms with Crippen LogP contribution in [0.3, 0.4) is 0 Å². The van der Waals surface area contributed by atoms with E-state index >= 15 is 0 Å². The van der Waals surface area contributed by atoms with Crippen LogP contribution in [0.25, 0.3) is 6.08 Å². The van der Waals surface area contributed by atoms with Crippen LogP contribution in [-0.4, -0.2) is 28.5 Å². The molecule has 3 amide bonds. The molecule has 0 saturated carbocycles. The lowest BCUT2D eigenvalue weighted by Crippen LogP contribution is -2.36. The summed E-state index contributed by atoms with van der Waals surface area (Å²) in [5.41, 5.74) is 1.05. The third-order valence-electron chi connectivity index (χ3n) is 3.45. The van der Waals surface area contributed by atoms with Crippen LogP contribution in [0.5, 0.6) is 0 Å². The molecule has 0 atom stereocenters.